The fourth-order valence-corrected chi connectivity index (χ4v) is 2.49. The molecule has 1 saturated carbocycles. The van der Waals surface area contributed by atoms with Crippen molar-refractivity contribution >= 4 is 17.3 Å². The minimum atomic E-state index is -0.606. The quantitative estimate of drug-likeness (QED) is 0.501. The first-order valence-corrected chi connectivity index (χ1v) is 6.82. The highest BCUT2D eigenvalue weighted by atomic mass is 16.6. The Balaban J connectivity index is 2.18. The van der Waals surface area contributed by atoms with Gasteiger partial charge in [0.25, 0.3) is 5.69 Å². The van der Waals surface area contributed by atoms with Gasteiger partial charge in [0.2, 0.25) is 0 Å². The molecule has 0 aromatic heterocycles. The van der Waals surface area contributed by atoms with Crippen LogP contribution in [0, 0.1) is 10.1 Å². The van der Waals surface area contributed by atoms with Gasteiger partial charge in [-0.25, -0.2) is 4.79 Å². The van der Waals surface area contributed by atoms with E-state index in [9.17, 15) is 20.0 Å². The fourth-order valence-electron chi connectivity index (χ4n) is 2.49. The van der Waals surface area contributed by atoms with Crippen LogP contribution in [0.15, 0.2) is 18.2 Å². The number of nitro benzene ring substituents is 1. The number of hydrogen-bond donors (Lipinski definition) is 2. The molecule has 7 heteroatoms. The molecule has 0 bridgehead atoms. The van der Waals surface area contributed by atoms with E-state index in [0.29, 0.717) is 18.5 Å². The number of carbonyl (C=O) groups excluding carboxylic acids is 1. The zero-order valence-electron chi connectivity index (χ0n) is 11.7. The summed E-state index contributed by atoms with van der Waals surface area (Å²) in [5, 5.41) is 23.8. The average Bonchev–Trinajstić information content (AvgIpc) is 2.49. The van der Waals surface area contributed by atoms with Gasteiger partial charge in [-0.1, -0.05) is 0 Å². The Hall–Kier alpha value is -2.15. The number of rotatable bonds is 4. The molecule has 114 valence electrons. The summed E-state index contributed by atoms with van der Waals surface area (Å²) >= 11 is 0. The first-order chi connectivity index (χ1) is 10.0. The minimum absolute atomic E-state index is 0.0936. The number of methoxy groups -OCH3 is 1. The van der Waals surface area contributed by atoms with Gasteiger partial charge in [-0.05, 0) is 37.8 Å². The third-order valence-corrected chi connectivity index (χ3v) is 3.67. The van der Waals surface area contributed by atoms with Gasteiger partial charge in [0.1, 0.15) is 5.69 Å². The lowest BCUT2D eigenvalue weighted by molar-refractivity contribution is -0.384. The standard InChI is InChI=1S/C14H18N2O5/c1-21-14(18)9-2-7-12(13(8-9)16(19)20)15-10-3-5-11(17)6-4-10/h2,7-8,10-11,15,17H,3-6H2,1H3. The van der Waals surface area contributed by atoms with Crippen molar-refractivity contribution in [3.8, 4) is 0 Å². The second kappa shape index (κ2) is 6.53. The number of nitrogens with one attached hydrogen (secondary N) is 1. The molecule has 0 aliphatic heterocycles. The molecule has 1 aromatic rings. The summed E-state index contributed by atoms with van der Waals surface area (Å²) in [6.45, 7) is 0. The van der Waals surface area contributed by atoms with Crippen molar-refractivity contribution in [2.75, 3.05) is 12.4 Å². The molecule has 0 heterocycles. The SMILES string of the molecule is COC(=O)c1ccc(NC2CCC(O)CC2)c([N+](=O)[O-])c1. The lowest BCUT2D eigenvalue weighted by Gasteiger charge is -2.26. The molecule has 0 saturated heterocycles. The summed E-state index contributed by atoms with van der Waals surface area (Å²) < 4.78 is 4.56. The number of anilines is 1. The van der Waals surface area contributed by atoms with Crippen LogP contribution in [0.3, 0.4) is 0 Å². The normalized spacial score (nSPS) is 21.6. The molecule has 1 fully saturated rings. The predicted molar refractivity (Wildman–Crippen MR) is 76.3 cm³/mol. The lowest BCUT2D eigenvalue weighted by atomic mass is 9.93. The number of nitro groups is 1. The second-order valence-electron chi connectivity index (χ2n) is 5.13. The number of aliphatic hydroxyl groups is 1. The lowest BCUT2D eigenvalue weighted by Crippen LogP contribution is -2.28. The Labute approximate surface area is 122 Å². The summed E-state index contributed by atoms with van der Waals surface area (Å²) in [6.07, 6.45) is 2.62. The Morgan fingerprint density at radius 3 is 2.62 bits per heavy atom. The van der Waals surface area contributed by atoms with Crippen LogP contribution in [0.2, 0.25) is 0 Å². The van der Waals surface area contributed by atoms with E-state index in [2.05, 4.69) is 10.1 Å². The maximum absolute atomic E-state index is 11.4. The molecule has 0 radical (unpaired) electrons. The summed E-state index contributed by atoms with van der Waals surface area (Å²) in [6, 6.07) is 4.33. The van der Waals surface area contributed by atoms with Crippen molar-refractivity contribution in [2.45, 2.75) is 37.8 Å². The molecule has 21 heavy (non-hydrogen) atoms. The summed E-state index contributed by atoms with van der Waals surface area (Å²) in [5.41, 5.74) is 0.381. The van der Waals surface area contributed by atoms with Crippen LogP contribution in [0.5, 0.6) is 0 Å². The zero-order chi connectivity index (χ0) is 15.4. The molecule has 0 atom stereocenters. The van der Waals surface area contributed by atoms with Gasteiger partial charge >= 0.3 is 5.97 Å². The Bertz CT molecular complexity index is 538. The predicted octanol–water partition coefficient (Wildman–Crippen LogP) is 2.10. The molecule has 7 nitrogen and oxygen atoms in total. The minimum Gasteiger partial charge on any atom is -0.465 e. The maximum Gasteiger partial charge on any atom is 0.338 e. The number of carbonyl (C=O) groups is 1. The van der Waals surface area contributed by atoms with Crippen LogP contribution >= 0.6 is 0 Å². The highest BCUT2D eigenvalue weighted by Gasteiger charge is 2.23. The van der Waals surface area contributed by atoms with Crippen molar-refractivity contribution < 1.29 is 19.6 Å². The molecular formula is C14H18N2O5. The van der Waals surface area contributed by atoms with E-state index in [4.69, 9.17) is 0 Å². The molecule has 1 aromatic carbocycles. The first-order valence-electron chi connectivity index (χ1n) is 6.82. The third kappa shape index (κ3) is 3.69. The van der Waals surface area contributed by atoms with Crippen molar-refractivity contribution in [1.29, 1.82) is 0 Å². The van der Waals surface area contributed by atoms with Crippen LogP contribution < -0.4 is 5.32 Å². The van der Waals surface area contributed by atoms with Crippen molar-refractivity contribution in [3.63, 3.8) is 0 Å². The number of aliphatic hydroxyl groups excluding tert-OH is 1. The summed E-state index contributed by atoms with van der Waals surface area (Å²) in [5.74, 6) is -0.606. The number of ether oxygens (including phenoxy) is 1. The Kier molecular flexibility index (Phi) is 4.74. The largest absolute Gasteiger partial charge is 0.465 e. The monoisotopic (exact) mass is 294 g/mol. The topological polar surface area (TPSA) is 102 Å². The van der Waals surface area contributed by atoms with E-state index in [1.807, 2.05) is 0 Å². The second-order valence-corrected chi connectivity index (χ2v) is 5.13. The third-order valence-electron chi connectivity index (χ3n) is 3.67. The van der Waals surface area contributed by atoms with Gasteiger partial charge in [0.05, 0.1) is 23.7 Å². The molecule has 0 spiro atoms. The average molecular weight is 294 g/mol. The van der Waals surface area contributed by atoms with Crippen LogP contribution in [0.25, 0.3) is 0 Å². The molecule has 1 aliphatic rings. The molecule has 2 N–H and O–H groups in total. The molecular weight excluding hydrogens is 276 g/mol. The van der Waals surface area contributed by atoms with E-state index < -0.39 is 10.9 Å². The van der Waals surface area contributed by atoms with E-state index in [1.165, 1.54) is 25.3 Å². The van der Waals surface area contributed by atoms with Gasteiger partial charge in [-0.3, -0.25) is 10.1 Å². The van der Waals surface area contributed by atoms with E-state index in [1.54, 1.807) is 0 Å². The Morgan fingerprint density at radius 1 is 1.38 bits per heavy atom. The summed E-state index contributed by atoms with van der Waals surface area (Å²) in [7, 11) is 1.23. The van der Waals surface area contributed by atoms with E-state index in [-0.39, 0.29) is 23.4 Å². The smallest absolute Gasteiger partial charge is 0.338 e. The Morgan fingerprint density at radius 2 is 2.05 bits per heavy atom. The molecule has 0 amide bonds. The van der Waals surface area contributed by atoms with Crippen LogP contribution in [-0.4, -0.2) is 35.3 Å². The van der Waals surface area contributed by atoms with Gasteiger partial charge in [-0.2, -0.15) is 0 Å². The van der Waals surface area contributed by atoms with E-state index in [0.717, 1.165) is 12.8 Å². The first kappa shape index (κ1) is 15.2. The molecule has 1 aliphatic carbocycles. The van der Waals surface area contributed by atoms with Crippen LogP contribution in [0.1, 0.15) is 36.0 Å². The van der Waals surface area contributed by atoms with Crippen molar-refractivity contribution in [3.05, 3.63) is 33.9 Å². The van der Waals surface area contributed by atoms with Crippen LogP contribution in [-0.2, 0) is 4.74 Å². The molecule has 2 rings (SSSR count). The maximum atomic E-state index is 11.4. The van der Waals surface area contributed by atoms with Crippen molar-refractivity contribution in [1.82, 2.24) is 0 Å². The van der Waals surface area contributed by atoms with Gasteiger partial charge in [0, 0.05) is 12.1 Å². The van der Waals surface area contributed by atoms with Crippen LogP contribution in [0.4, 0.5) is 11.4 Å². The number of benzene rings is 1. The number of hydrogen-bond acceptors (Lipinski definition) is 6. The summed E-state index contributed by atoms with van der Waals surface area (Å²) in [4.78, 5) is 22.1. The van der Waals surface area contributed by atoms with Gasteiger partial charge in [0.15, 0.2) is 0 Å². The van der Waals surface area contributed by atoms with Gasteiger partial charge in [-0.15, -0.1) is 0 Å². The van der Waals surface area contributed by atoms with Gasteiger partial charge < -0.3 is 15.2 Å². The van der Waals surface area contributed by atoms with Crippen molar-refractivity contribution in [2.24, 2.45) is 0 Å². The number of nitrogens with zero attached hydrogens (tertiary/aromatic N) is 1. The number of esters is 1. The highest BCUT2D eigenvalue weighted by Crippen LogP contribution is 2.29. The van der Waals surface area contributed by atoms with E-state index >= 15 is 0 Å². The molecule has 0 unspecified atom stereocenters. The fraction of sp³-hybridized carbons (Fsp3) is 0.500. The highest BCUT2D eigenvalue weighted by molar-refractivity contribution is 5.91. The zero-order valence-corrected chi connectivity index (χ0v) is 11.7.